The van der Waals surface area contributed by atoms with Crippen LogP contribution in [-0.4, -0.2) is 17.4 Å². The van der Waals surface area contributed by atoms with Crippen molar-refractivity contribution in [3.05, 3.63) is 35.4 Å². The van der Waals surface area contributed by atoms with Crippen LogP contribution < -0.4 is 0 Å². The van der Waals surface area contributed by atoms with E-state index in [0.717, 1.165) is 5.56 Å². The first-order chi connectivity index (χ1) is 7.13. The molecule has 0 spiro atoms. The number of aryl methyl sites for hydroxylation is 1. The summed E-state index contributed by atoms with van der Waals surface area (Å²) in [6.07, 6.45) is 0.667. The Kier molecular flexibility index (Phi) is 4.82. The lowest BCUT2D eigenvalue weighted by Gasteiger charge is -2.09. The zero-order valence-electron chi connectivity index (χ0n) is 9.00. The molecule has 0 radical (unpaired) electrons. The number of carbonyl (C=O) groups excluding carboxylic acids is 1. The number of ether oxygens (including phenoxy) is 1. The van der Waals surface area contributed by atoms with E-state index in [0.29, 0.717) is 13.0 Å². The Labute approximate surface area is 98.8 Å². The van der Waals surface area contributed by atoms with E-state index in [1.807, 2.05) is 32.0 Å². The van der Waals surface area contributed by atoms with Gasteiger partial charge in [-0.3, -0.25) is 4.79 Å². The zero-order chi connectivity index (χ0) is 11.3. The number of halogens is 1. The number of rotatable bonds is 4. The van der Waals surface area contributed by atoms with Gasteiger partial charge in [0.25, 0.3) is 0 Å². The van der Waals surface area contributed by atoms with Crippen molar-refractivity contribution in [1.82, 2.24) is 0 Å². The van der Waals surface area contributed by atoms with Gasteiger partial charge in [0, 0.05) is 0 Å². The zero-order valence-corrected chi connectivity index (χ0v) is 10.6. The highest BCUT2D eigenvalue weighted by Crippen LogP contribution is 2.13. The number of carbonyl (C=O) groups is 1. The number of benzene rings is 1. The Bertz CT molecular complexity index is 336. The minimum atomic E-state index is -0.251. The molecule has 82 valence electrons. The second kappa shape index (κ2) is 5.91. The monoisotopic (exact) mass is 270 g/mol. The third-order valence-electron chi connectivity index (χ3n) is 2.04. The molecule has 0 fully saturated rings. The third-order valence-corrected chi connectivity index (χ3v) is 2.74. The summed E-state index contributed by atoms with van der Waals surface area (Å²) < 4.78 is 4.92. The van der Waals surface area contributed by atoms with Crippen molar-refractivity contribution in [1.29, 1.82) is 0 Å². The topological polar surface area (TPSA) is 26.3 Å². The first-order valence-electron chi connectivity index (χ1n) is 4.99. The lowest BCUT2D eigenvalue weighted by Crippen LogP contribution is -2.19. The van der Waals surface area contributed by atoms with Crippen LogP contribution in [0.5, 0.6) is 0 Å². The minimum Gasteiger partial charge on any atom is -0.465 e. The molecule has 0 aromatic heterocycles. The molecule has 0 amide bonds. The molecule has 0 aliphatic rings. The molecule has 3 heteroatoms. The normalized spacial score (nSPS) is 12.2. The summed E-state index contributed by atoms with van der Waals surface area (Å²) in [6.45, 7) is 4.27. The fraction of sp³-hybridized carbons (Fsp3) is 0.417. The maximum Gasteiger partial charge on any atom is 0.320 e. The molecule has 2 nitrogen and oxygen atoms in total. The predicted molar refractivity (Wildman–Crippen MR) is 64.2 cm³/mol. The van der Waals surface area contributed by atoms with Gasteiger partial charge in [0.05, 0.1) is 6.61 Å². The van der Waals surface area contributed by atoms with Gasteiger partial charge >= 0.3 is 5.97 Å². The molecular formula is C12H15BrO2. The van der Waals surface area contributed by atoms with Crippen molar-refractivity contribution in [2.24, 2.45) is 0 Å². The van der Waals surface area contributed by atoms with Gasteiger partial charge in [-0.25, -0.2) is 0 Å². The van der Waals surface area contributed by atoms with Crippen molar-refractivity contribution >= 4 is 21.9 Å². The fourth-order valence-electron chi connectivity index (χ4n) is 1.36. The molecule has 0 heterocycles. The van der Waals surface area contributed by atoms with Crippen LogP contribution in [0.1, 0.15) is 18.1 Å². The lowest BCUT2D eigenvalue weighted by atomic mass is 10.1. The van der Waals surface area contributed by atoms with E-state index in [9.17, 15) is 4.79 Å². The van der Waals surface area contributed by atoms with Gasteiger partial charge in [-0.05, 0) is 25.8 Å². The highest BCUT2D eigenvalue weighted by molar-refractivity contribution is 9.10. The molecule has 0 aliphatic carbocycles. The van der Waals surface area contributed by atoms with Crippen LogP contribution in [0.15, 0.2) is 24.3 Å². The summed E-state index contributed by atoms with van der Waals surface area (Å²) in [7, 11) is 0. The molecule has 1 rings (SSSR count). The van der Waals surface area contributed by atoms with E-state index in [-0.39, 0.29) is 10.8 Å². The number of alkyl halides is 1. The number of hydrogen-bond acceptors (Lipinski definition) is 2. The fourth-order valence-corrected chi connectivity index (χ4v) is 1.87. The largest absolute Gasteiger partial charge is 0.465 e. The maximum atomic E-state index is 11.4. The average molecular weight is 271 g/mol. The Morgan fingerprint density at radius 1 is 1.53 bits per heavy atom. The van der Waals surface area contributed by atoms with Gasteiger partial charge in [-0.15, -0.1) is 0 Å². The van der Waals surface area contributed by atoms with Gasteiger partial charge in [-0.2, -0.15) is 0 Å². The van der Waals surface area contributed by atoms with Crippen molar-refractivity contribution in [2.75, 3.05) is 6.61 Å². The van der Waals surface area contributed by atoms with E-state index >= 15 is 0 Å². The van der Waals surface area contributed by atoms with Crippen LogP contribution in [0.4, 0.5) is 0 Å². The standard InChI is InChI=1S/C12H15BrO2/c1-3-15-12(14)11(13)8-10-6-4-5-9(2)7-10/h4-7,11H,3,8H2,1-2H3. The SMILES string of the molecule is CCOC(=O)C(Br)Cc1cccc(C)c1. The predicted octanol–water partition coefficient (Wildman–Crippen LogP) is 2.86. The van der Waals surface area contributed by atoms with E-state index in [2.05, 4.69) is 22.0 Å². The first-order valence-corrected chi connectivity index (χ1v) is 5.91. The second-order valence-electron chi connectivity index (χ2n) is 3.41. The van der Waals surface area contributed by atoms with E-state index in [1.165, 1.54) is 5.56 Å². The van der Waals surface area contributed by atoms with Crippen LogP contribution in [0.2, 0.25) is 0 Å². The summed E-state index contributed by atoms with van der Waals surface area (Å²) in [5.41, 5.74) is 2.35. The molecular weight excluding hydrogens is 256 g/mol. The molecule has 0 bridgehead atoms. The van der Waals surface area contributed by atoms with Crippen molar-refractivity contribution < 1.29 is 9.53 Å². The Morgan fingerprint density at radius 3 is 2.87 bits per heavy atom. The van der Waals surface area contributed by atoms with Crippen LogP contribution in [0.3, 0.4) is 0 Å². The first kappa shape index (κ1) is 12.2. The van der Waals surface area contributed by atoms with Crippen LogP contribution >= 0.6 is 15.9 Å². The van der Waals surface area contributed by atoms with Gasteiger partial charge in [0.1, 0.15) is 4.83 Å². The molecule has 0 saturated carbocycles. The summed E-state index contributed by atoms with van der Waals surface area (Å²) in [4.78, 5) is 11.1. The minimum absolute atomic E-state index is 0.195. The molecule has 15 heavy (non-hydrogen) atoms. The summed E-state index contributed by atoms with van der Waals surface area (Å²) in [5.74, 6) is -0.195. The number of hydrogen-bond donors (Lipinski definition) is 0. The smallest absolute Gasteiger partial charge is 0.320 e. The highest BCUT2D eigenvalue weighted by Gasteiger charge is 2.16. The van der Waals surface area contributed by atoms with Crippen molar-refractivity contribution in [2.45, 2.75) is 25.1 Å². The lowest BCUT2D eigenvalue weighted by molar-refractivity contribution is -0.142. The highest BCUT2D eigenvalue weighted by atomic mass is 79.9. The molecule has 0 aliphatic heterocycles. The van der Waals surface area contributed by atoms with Gasteiger partial charge < -0.3 is 4.74 Å². The Balaban J connectivity index is 2.58. The van der Waals surface area contributed by atoms with E-state index in [1.54, 1.807) is 0 Å². The molecule has 1 unspecified atom stereocenters. The number of esters is 1. The van der Waals surface area contributed by atoms with Crippen molar-refractivity contribution in [3.8, 4) is 0 Å². The summed E-state index contributed by atoms with van der Waals surface area (Å²) in [6, 6.07) is 8.13. The second-order valence-corrected chi connectivity index (χ2v) is 4.52. The molecule has 1 atom stereocenters. The maximum absolute atomic E-state index is 11.4. The van der Waals surface area contributed by atoms with Gasteiger partial charge in [0.15, 0.2) is 0 Å². The quantitative estimate of drug-likeness (QED) is 0.621. The summed E-state index contributed by atoms with van der Waals surface area (Å²) in [5, 5.41) is 0. The van der Waals surface area contributed by atoms with E-state index in [4.69, 9.17) is 4.74 Å². The van der Waals surface area contributed by atoms with Crippen molar-refractivity contribution in [3.63, 3.8) is 0 Å². The average Bonchev–Trinajstić information content (AvgIpc) is 2.18. The Morgan fingerprint density at radius 2 is 2.27 bits per heavy atom. The van der Waals surface area contributed by atoms with Gasteiger partial charge in [0.2, 0.25) is 0 Å². The summed E-state index contributed by atoms with van der Waals surface area (Å²) >= 11 is 3.33. The van der Waals surface area contributed by atoms with E-state index < -0.39 is 0 Å². The third kappa shape index (κ3) is 4.04. The molecule has 1 aromatic carbocycles. The van der Waals surface area contributed by atoms with Crippen LogP contribution in [0.25, 0.3) is 0 Å². The Hall–Kier alpha value is -0.830. The molecule has 0 N–H and O–H groups in total. The van der Waals surface area contributed by atoms with Crippen LogP contribution in [0, 0.1) is 6.92 Å². The molecule has 0 saturated heterocycles. The van der Waals surface area contributed by atoms with Gasteiger partial charge in [-0.1, -0.05) is 45.8 Å². The molecule has 1 aromatic rings. The van der Waals surface area contributed by atoms with Crippen LogP contribution in [-0.2, 0) is 16.0 Å².